The summed E-state index contributed by atoms with van der Waals surface area (Å²) >= 11 is 0. The Bertz CT molecular complexity index is 969. The van der Waals surface area contributed by atoms with Gasteiger partial charge in [0.15, 0.2) is 0 Å². The lowest BCUT2D eigenvalue weighted by Crippen LogP contribution is -1.89. The van der Waals surface area contributed by atoms with Gasteiger partial charge >= 0.3 is 0 Å². The van der Waals surface area contributed by atoms with Crippen LogP contribution < -0.4 is 5.73 Å². The maximum atomic E-state index is 6.00. The van der Waals surface area contributed by atoms with Gasteiger partial charge in [-0.3, -0.25) is 4.98 Å². The summed E-state index contributed by atoms with van der Waals surface area (Å²) in [5, 5.41) is 1.08. The number of anilines is 1. The molecule has 0 aliphatic heterocycles. The number of nitrogens with zero attached hydrogens (tertiary/aromatic N) is 2. The number of pyridine rings is 1. The predicted molar refractivity (Wildman–Crippen MR) is 86.0 cm³/mol. The van der Waals surface area contributed by atoms with Crippen molar-refractivity contribution in [1.29, 1.82) is 0 Å². The molecule has 4 aromatic rings. The summed E-state index contributed by atoms with van der Waals surface area (Å²) in [6.45, 7) is 1.99. The van der Waals surface area contributed by atoms with Gasteiger partial charge in [-0.2, -0.15) is 0 Å². The number of para-hydroxylation sites is 2. The highest BCUT2D eigenvalue weighted by Crippen LogP contribution is 2.29. The molecule has 0 radical (unpaired) electrons. The summed E-state index contributed by atoms with van der Waals surface area (Å²) in [6.07, 6.45) is 0. The predicted octanol–water partition coefficient (Wildman–Crippen LogP) is 3.67. The maximum absolute atomic E-state index is 6.00. The molecule has 0 saturated heterocycles. The second kappa shape index (κ2) is 4.31. The Morgan fingerprint density at radius 2 is 1.86 bits per heavy atom. The molecule has 2 heterocycles. The van der Waals surface area contributed by atoms with Gasteiger partial charge in [0.1, 0.15) is 11.3 Å². The molecule has 0 spiro atoms. The van der Waals surface area contributed by atoms with Gasteiger partial charge in [0.05, 0.1) is 16.7 Å². The van der Waals surface area contributed by atoms with Crippen LogP contribution in [-0.2, 0) is 0 Å². The number of aryl methyl sites for hydroxylation is 1. The molecule has 0 fully saturated rings. The Balaban J connectivity index is 2.06. The van der Waals surface area contributed by atoms with Crippen LogP contribution in [0.3, 0.4) is 0 Å². The van der Waals surface area contributed by atoms with E-state index in [-0.39, 0.29) is 0 Å². The van der Waals surface area contributed by atoms with Crippen molar-refractivity contribution in [2.24, 2.45) is 0 Å². The number of hydrogen-bond acceptors (Lipinski definition) is 3. The van der Waals surface area contributed by atoms with Crippen LogP contribution in [0.15, 0.2) is 48.5 Å². The van der Waals surface area contributed by atoms with E-state index in [0.29, 0.717) is 5.69 Å². The van der Waals surface area contributed by atoms with Crippen LogP contribution in [-0.4, -0.2) is 15.0 Å². The molecule has 102 valence electrons. The van der Waals surface area contributed by atoms with E-state index in [1.54, 1.807) is 0 Å². The summed E-state index contributed by atoms with van der Waals surface area (Å²) < 4.78 is 0. The van der Waals surface area contributed by atoms with Crippen LogP contribution in [0.2, 0.25) is 0 Å². The molecular formula is C17H14N4. The molecular weight excluding hydrogens is 260 g/mol. The van der Waals surface area contributed by atoms with Crippen molar-refractivity contribution in [1.82, 2.24) is 15.0 Å². The maximum Gasteiger partial charge on any atom is 0.139 e. The normalized spacial score (nSPS) is 11.3. The molecule has 3 N–H and O–H groups in total. The number of imidazole rings is 1. The minimum Gasteiger partial charge on any atom is -0.397 e. The summed E-state index contributed by atoms with van der Waals surface area (Å²) in [5.41, 5.74) is 11.4. The number of aromatic amines is 1. The topological polar surface area (TPSA) is 67.6 Å². The van der Waals surface area contributed by atoms with Gasteiger partial charge in [0.25, 0.3) is 0 Å². The molecule has 4 nitrogen and oxygen atoms in total. The summed E-state index contributed by atoms with van der Waals surface area (Å²) in [7, 11) is 0. The number of nitrogens with two attached hydrogens (primary N) is 1. The van der Waals surface area contributed by atoms with Crippen LogP contribution in [0, 0.1) is 6.92 Å². The van der Waals surface area contributed by atoms with Crippen molar-refractivity contribution >= 4 is 27.6 Å². The summed E-state index contributed by atoms with van der Waals surface area (Å²) in [6, 6.07) is 15.9. The highest BCUT2D eigenvalue weighted by molar-refractivity contribution is 5.96. The van der Waals surface area contributed by atoms with Gasteiger partial charge < -0.3 is 10.7 Å². The van der Waals surface area contributed by atoms with Crippen LogP contribution in [0.5, 0.6) is 0 Å². The number of H-pyrrole nitrogens is 1. The van der Waals surface area contributed by atoms with E-state index in [1.807, 2.05) is 43.3 Å². The Labute approximate surface area is 121 Å². The number of nitrogen functional groups attached to an aromatic ring is 1. The standard InChI is InChI=1S/C17H14N4/c1-10-9-12(11-5-2-3-7-14(11)19-10)17-20-15-8-4-6-13(18)16(15)21-17/h2-9H,18H2,1H3,(H,20,21). The second-order valence-electron chi connectivity index (χ2n) is 5.16. The largest absolute Gasteiger partial charge is 0.397 e. The molecule has 2 aromatic carbocycles. The van der Waals surface area contributed by atoms with Crippen LogP contribution >= 0.6 is 0 Å². The molecule has 4 heteroatoms. The van der Waals surface area contributed by atoms with E-state index in [4.69, 9.17) is 5.73 Å². The molecule has 0 amide bonds. The van der Waals surface area contributed by atoms with Crippen molar-refractivity contribution in [3.63, 3.8) is 0 Å². The van der Waals surface area contributed by atoms with Gasteiger partial charge in [0, 0.05) is 16.6 Å². The van der Waals surface area contributed by atoms with Crippen LogP contribution in [0.25, 0.3) is 33.3 Å². The third-order valence-corrected chi connectivity index (χ3v) is 3.64. The number of benzene rings is 2. The number of fused-ring (bicyclic) bond motifs is 2. The van der Waals surface area contributed by atoms with Crippen molar-refractivity contribution in [2.45, 2.75) is 6.92 Å². The Hall–Kier alpha value is -2.88. The molecule has 21 heavy (non-hydrogen) atoms. The highest BCUT2D eigenvalue weighted by Gasteiger charge is 2.11. The molecule has 4 rings (SSSR count). The fourth-order valence-electron chi connectivity index (χ4n) is 2.69. The molecule has 0 aliphatic carbocycles. The number of nitrogens with one attached hydrogen (secondary N) is 1. The molecule has 0 bridgehead atoms. The van der Waals surface area contributed by atoms with Crippen molar-refractivity contribution in [3.05, 3.63) is 54.2 Å². The number of aromatic nitrogens is 3. The molecule has 2 aromatic heterocycles. The average molecular weight is 274 g/mol. The van der Waals surface area contributed by atoms with Crippen LogP contribution in [0.4, 0.5) is 5.69 Å². The Kier molecular flexibility index (Phi) is 2.44. The Morgan fingerprint density at radius 3 is 2.71 bits per heavy atom. The monoisotopic (exact) mass is 274 g/mol. The summed E-state index contributed by atoms with van der Waals surface area (Å²) in [5.74, 6) is 0.824. The first kappa shape index (κ1) is 11.9. The molecule has 0 saturated carbocycles. The van der Waals surface area contributed by atoms with Gasteiger partial charge in [-0.15, -0.1) is 0 Å². The molecule has 0 unspecified atom stereocenters. The first-order valence-corrected chi connectivity index (χ1v) is 6.83. The fraction of sp³-hybridized carbons (Fsp3) is 0.0588. The first-order valence-electron chi connectivity index (χ1n) is 6.83. The van der Waals surface area contributed by atoms with E-state index < -0.39 is 0 Å². The SMILES string of the molecule is Cc1cc(-c2nc3c(N)cccc3[nH]2)c2ccccc2n1. The zero-order valence-corrected chi connectivity index (χ0v) is 11.6. The number of rotatable bonds is 1. The first-order chi connectivity index (χ1) is 10.2. The van der Waals surface area contributed by atoms with Gasteiger partial charge in [0.2, 0.25) is 0 Å². The van der Waals surface area contributed by atoms with Gasteiger partial charge in [-0.1, -0.05) is 24.3 Å². The van der Waals surface area contributed by atoms with Crippen molar-refractivity contribution in [3.8, 4) is 11.4 Å². The number of hydrogen-bond donors (Lipinski definition) is 2. The van der Waals surface area contributed by atoms with E-state index in [1.165, 1.54) is 0 Å². The zero-order valence-electron chi connectivity index (χ0n) is 11.6. The van der Waals surface area contributed by atoms with E-state index >= 15 is 0 Å². The van der Waals surface area contributed by atoms with Gasteiger partial charge in [-0.05, 0) is 31.2 Å². The lowest BCUT2D eigenvalue weighted by Gasteiger charge is -2.05. The highest BCUT2D eigenvalue weighted by atomic mass is 14.9. The molecule has 0 aliphatic rings. The van der Waals surface area contributed by atoms with E-state index in [9.17, 15) is 0 Å². The van der Waals surface area contributed by atoms with E-state index in [0.717, 1.165) is 39.0 Å². The Morgan fingerprint density at radius 1 is 1.00 bits per heavy atom. The second-order valence-corrected chi connectivity index (χ2v) is 5.16. The lowest BCUT2D eigenvalue weighted by molar-refractivity contribution is 1.24. The lowest BCUT2D eigenvalue weighted by atomic mass is 10.1. The molecule has 0 atom stereocenters. The minimum atomic E-state index is 0.685. The minimum absolute atomic E-state index is 0.685. The fourth-order valence-corrected chi connectivity index (χ4v) is 2.69. The average Bonchev–Trinajstić information content (AvgIpc) is 2.92. The zero-order chi connectivity index (χ0) is 14.4. The summed E-state index contributed by atoms with van der Waals surface area (Å²) in [4.78, 5) is 12.6. The third kappa shape index (κ3) is 1.84. The van der Waals surface area contributed by atoms with E-state index in [2.05, 4.69) is 27.1 Å². The van der Waals surface area contributed by atoms with Gasteiger partial charge in [-0.25, -0.2) is 4.98 Å². The van der Waals surface area contributed by atoms with Crippen LogP contribution in [0.1, 0.15) is 5.69 Å². The van der Waals surface area contributed by atoms with Crippen molar-refractivity contribution < 1.29 is 0 Å². The quantitative estimate of drug-likeness (QED) is 0.520. The van der Waals surface area contributed by atoms with Crippen molar-refractivity contribution in [2.75, 3.05) is 5.73 Å². The third-order valence-electron chi connectivity index (χ3n) is 3.64. The smallest absolute Gasteiger partial charge is 0.139 e.